The molecule has 0 saturated carbocycles. The second-order valence-corrected chi connectivity index (χ2v) is 6.79. The number of benzene rings is 2. The van der Waals surface area contributed by atoms with E-state index in [0.29, 0.717) is 17.3 Å². The zero-order chi connectivity index (χ0) is 18.1. The number of likely N-dealkylation sites (tertiary alicyclic amines) is 1. The summed E-state index contributed by atoms with van der Waals surface area (Å²) in [5, 5.41) is 3.80. The molecular weight excluding hydrogens is 326 g/mol. The number of hydrogen-bond acceptors (Lipinski definition) is 4. The Balaban J connectivity index is 1.55. The van der Waals surface area contributed by atoms with Gasteiger partial charge in [-0.05, 0) is 56.5 Å². The maximum atomic E-state index is 13.0. The van der Waals surface area contributed by atoms with Gasteiger partial charge in [-0.3, -0.25) is 4.79 Å². The van der Waals surface area contributed by atoms with Gasteiger partial charge in [-0.25, -0.2) is 0 Å². The molecule has 5 heteroatoms. The standard InChI is InChI=1S/C21H21N3O2/c1-14-5-7-16(8-6-14)19-4-3-13-24(19)21(25)18-11-9-17(10-12-18)20-22-15(2)23-26-20/h5-12,19H,3-4,13H2,1-2H3. The molecule has 1 amide bonds. The monoisotopic (exact) mass is 347 g/mol. The molecule has 0 bridgehead atoms. The summed E-state index contributed by atoms with van der Waals surface area (Å²) >= 11 is 0. The zero-order valence-corrected chi connectivity index (χ0v) is 15.0. The highest BCUT2D eigenvalue weighted by Crippen LogP contribution is 2.33. The van der Waals surface area contributed by atoms with E-state index in [2.05, 4.69) is 41.3 Å². The lowest BCUT2D eigenvalue weighted by atomic mass is 10.0. The Kier molecular flexibility index (Phi) is 4.29. The van der Waals surface area contributed by atoms with Crippen LogP contribution in [0.1, 0.15) is 46.2 Å². The van der Waals surface area contributed by atoms with Crippen molar-refractivity contribution < 1.29 is 9.32 Å². The van der Waals surface area contributed by atoms with Crippen molar-refractivity contribution in [2.45, 2.75) is 32.7 Å². The van der Waals surface area contributed by atoms with Crippen molar-refractivity contribution in [3.8, 4) is 11.5 Å². The summed E-state index contributed by atoms with van der Waals surface area (Å²) in [6.45, 7) is 4.65. The first-order chi connectivity index (χ1) is 12.6. The molecule has 5 nitrogen and oxygen atoms in total. The molecule has 1 aromatic heterocycles. The lowest BCUT2D eigenvalue weighted by Gasteiger charge is -2.25. The molecule has 1 aliphatic heterocycles. The summed E-state index contributed by atoms with van der Waals surface area (Å²) in [5.41, 5.74) is 3.94. The van der Waals surface area contributed by atoms with Gasteiger partial charge in [0, 0.05) is 17.7 Å². The van der Waals surface area contributed by atoms with Crippen molar-refractivity contribution in [2.75, 3.05) is 6.54 Å². The van der Waals surface area contributed by atoms with Crippen LogP contribution in [0.25, 0.3) is 11.5 Å². The summed E-state index contributed by atoms with van der Waals surface area (Å²) < 4.78 is 5.18. The summed E-state index contributed by atoms with van der Waals surface area (Å²) in [4.78, 5) is 19.2. The number of rotatable bonds is 3. The first-order valence-electron chi connectivity index (χ1n) is 8.90. The lowest BCUT2D eigenvalue weighted by Crippen LogP contribution is -2.30. The van der Waals surface area contributed by atoms with Gasteiger partial charge in [-0.2, -0.15) is 4.98 Å². The fourth-order valence-corrected chi connectivity index (χ4v) is 3.48. The van der Waals surface area contributed by atoms with E-state index in [1.54, 1.807) is 6.92 Å². The van der Waals surface area contributed by atoms with E-state index in [1.807, 2.05) is 29.2 Å². The van der Waals surface area contributed by atoms with Crippen LogP contribution in [0.3, 0.4) is 0 Å². The molecule has 3 aromatic rings. The van der Waals surface area contributed by atoms with E-state index < -0.39 is 0 Å². The Labute approximate surface area is 152 Å². The number of aromatic nitrogens is 2. The van der Waals surface area contributed by atoms with Gasteiger partial charge in [-0.1, -0.05) is 35.0 Å². The van der Waals surface area contributed by atoms with E-state index in [-0.39, 0.29) is 11.9 Å². The highest BCUT2D eigenvalue weighted by Gasteiger charge is 2.30. The average Bonchev–Trinajstić information content (AvgIpc) is 3.31. The third kappa shape index (κ3) is 3.12. The van der Waals surface area contributed by atoms with Gasteiger partial charge in [0.15, 0.2) is 5.82 Å². The van der Waals surface area contributed by atoms with Gasteiger partial charge in [0.2, 0.25) is 0 Å². The van der Waals surface area contributed by atoms with Crippen LogP contribution < -0.4 is 0 Å². The molecule has 1 fully saturated rings. The maximum absolute atomic E-state index is 13.0. The Morgan fingerprint density at radius 1 is 1.08 bits per heavy atom. The van der Waals surface area contributed by atoms with E-state index in [9.17, 15) is 4.79 Å². The van der Waals surface area contributed by atoms with Crippen molar-refractivity contribution in [2.24, 2.45) is 0 Å². The molecule has 0 aliphatic carbocycles. The molecule has 132 valence electrons. The fraction of sp³-hybridized carbons (Fsp3) is 0.286. The van der Waals surface area contributed by atoms with Crippen LogP contribution in [0, 0.1) is 13.8 Å². The van der Waals surface area contributed by atoms with Crippen LogP contribution in [0.4, 0.5) is 0 Å². The Bertz CT molecular complexity index is 913. The molecule has 0 spiro atoms. The van der Waals surface area contributed by atoms with E-state index in [0.717, 1.165) is 24.9 Å². The number of carbonyl (C=O) groups excluding carboxylic acids is 1. The molecule has 1 saturated heterocycles. The predicted octanol–water partition coefficient (Wildman–Crippen LogP) is 4.33. The van der Waals surface area contributed by atoms with Crippen LogP contribution in [0.2, 0.25) is 0 Å². The topological polar surface area (TPSA) is 59.2 Å². The number of carbonyl (C=O) groups is 1. The zero-order valence-electron chi connectivity index (χ0n) is 15.0. The van der Waals surface area contributed by atoms with Crippen LogP contribution in [-0.2, 0) is 0 Å². The van der Waals surface area contributed by atoms with Gasteiger partial charge >= 0.3 is 0 Å². The van der Waals surface area contributed by atoms with E-state index >= 15 is 0 Å². The summed E-state index contributed by atoms with van der Waals surface area (Å²) in [6.07, 6.45) is 2.04. The largest absolute Gasteiger partial charge is 0.334 e. The summed E-state index contributed by atoms with van der Waals surface area (Å²) in [6, 6.07) is 16.0. The average molecular weight is 347 g/mol. The Hall–Kier alpha value is -2.95. The van der Waals surface area contributed by atoms with Crippen molar-refractivity contribution in [1.82, 2.24) is 15.0 Å². The molecule has 26 heavy (non-hydrogen) atoms. The molecule has 0 radical (unpaired) electrons. The molecule has 1 aliphatic rings. The normalized spacial score (nSPS) is 16.8. The first kappa shape index (κ1) is 16.5. The van der Waals surface area contributed by atoms with Crippen molar-refractivity contribution >= 4 is 5.91 Å². The van der Waals surface area contributed by atoms with Crippen LogP contribution in [0.5, 0.6) is 0 Å². The minimum absolute atomic E-state index is 0.0707. The minimum atomic E-state index is 0.0707. The second-order valence-electron chi connectivity index (χ2n) is 6.79. The van der Waals surface area contributed by atoms with E-state index in [4.69, 9.17) is 4.52 Å². The smallest absolute Gasteiger partial charge is 0.257 e. The summed E-state index contributed by atoms with van der Waals surface area (Å²) in [5.74, 6) is 1.14. The Morgan fingerprint density at radius 2 is 1.81 bits per heavy atom. The van der Waals surface area contributed by atoms with Gasteiger partial charge < -0.3 is 9.42 Å². The number of nitrogens with zero attached hydrogens (tertiary/aromatic N) is 3. The predicted molar refractivity (Wildman–Crippen MR) is 98.7 cm³/mol. The fourth-order valence-electron chi connectivity index (χ4n) is 3.48. The highest BCUT2D eigenvalue weighted by atomic mass is 16.5. The third-order valence-electron chi connectivity index (χ3n) is 4.88. The quantitative estimate of drug-likeness (QED) is 0.707. The van der Waals surface area contributed by atoms with Crippen LogP contribution in [-0.4, -0.2) is 27.5 Å². The van der Waals surface area contributed by atoms with Gasteiger partial charge in [0.05, 0.1) is 6.04 Å². The first-order valence-corrected chi connectivity index (χ1v) is 8.90. The maximum Gasteiger partial charge on any atom is 0.257 e. The summed E-state index contributed by atoms with van der Waals surface area (Å²) in [7, 11) is 0. The van der Waals surface area contributed by atoms with Crippen molar-refractivity contribution in [1.29, 1.82) is 0 Å². The number of hydrogen-bond donors (Lipinski definition) is 0. The van der Waals surface area contributed by atoms with Crippen molar-refractivity contribution in [3.63, 3.8) is 0 Å². The molecule has 2 heterocycles. The molecule has 0 N–H and O–H groups in total. The van der Waals surface area contributed by atoms with Crippen LogP contribution >= 0.6 is 0 Å². The van der Waals surface area contributed by atoms with Gasteiger partial charge in [-0.15, -0.1) is 0 Å². The minimum Gasteiger partial charge on any atom is -0.334 e. The van der Waals surface area contributed by atoms with E-state index in [1.165, 1.54) is 11.1 Å². The third-order valence-corrected chi connectivity index (χ3v) is 4.88. The van der Waals surface area contributed by atoms with Crippen LogP contribution in [0.15, 0.2) is 53.1 Å². The molecule has 4 rings (SSSR count). The second kappa shape index (κ2) is 6.75. The molecule has 1 atom stereocenters. The Morgan fingerprint density at radius 3 is 2.46 bits per heavy atom. The van der Waals surface area contributed by atoms with Crippen molar-refractivity contribution in [3.05, 3.63) is 71.0 Å². The molecule has 1 unspecified atom stereocenters. The van der Waals surface area contributed by atoms with Gasteiger partial charge in [0.1, 0.15) is 0 Å². The SMILES string of the molecule is Cc1ccc(C2CCCN2C(=O)c2ccc(-c3nc(C)no3)cc2)cc1. The lowest BCUT2D eigenvalue weighted by molar-refractivity contribution is 0.0735. The highest BCUT2D eigenvalue weighted by molar-refractivity contribution is 5.95. The number of aryl methyl sites for hydroxylation is 2. The molecule has 2 aromatic carbocycles. The number of amides is 1. The van der Waals surface area contributed by atoms with Gasteiger partial charge in [0.25, 0.3) is 11.8 Å². The molecular formula is C21H21N3O2.